The molecular weight excluding hydrogens is 352 g/mol. The van der Waals surface area contributed by atoms with E-state index in [1.54, 1.807) is 7.11 Å². The highest BCUT2D eigenvalue weighted by atomic mass is 16.5. The van der Waals surface area contributed by atoms with Gasteiger partial charge in [-0.05, 0) is 50.8 Å². The highest BCUT2D eigenvalue weighted by Gasteiger charge is 2.47. The molecule has 2 atom stereocenters. The first-order valence-corrected chi connectivity index (χ1v) is 10.8. The molecule has 1 aromatic rings. The topological polar surface area (TPSA) is 61.8 Å². The van der Waals surface area contributed by atoms with Crippen molar-refractivity contribution in [1.29, 1.82) is 0 Å². The van der Waals surface area contributed by atoms with Crippen LogP contribution < -0.4 is 5.32 Å². The monoisotopic (exact) mass is 386 g/mol. The first-order chi connectivity index (χ1) is 13.6. The summed E-state index contributed by atoms with van der Waals surface area (Å²) in [6.07, 6.45) is 6.11. The summed E-state index contributed by atoms with van der Waals surface area (Å²) in [6.45, 7) is 4.45. The third-order valence-corrected chi connectivity index (χ3v) is 7.42. The van der Waals surface area contributed by atoms with Gasteiger partial charge in [-0.15, -0.1) is 0 Å². The molecule has 0 spiro atoms. The number of carboxylic acids is 1. The van der Waals surface area contributed by atoms with E-state index in [2.05, 4.69) is 40.5 Å². The summed E-state index contributed by atoms with van der Waals surface area (Å²) >= 11 is 0. The number of ether oxygens (including phenoxy) is 1. The van der Waals surface area contributed by atoms with Crippen LogP contribution in [0.5, 0.6) is 0 Å². The average molecular weight is 387 g/mol. The molecule has 5 nitrogen and oxygen atoms in total. The molecule has 2 unspecified atom stereocenters. The third kappa shape index (κ3) is 4.12. The van der Waals surface area contributed by atoms with E-state index in [9.17, 15) is 9.90 Å². The Balaban J connectivity index is 1.28. The average Bonchev–Trinajstić information content (AvgIpc) is 3.45. The quantitative estimate of drug-likeness (QED) is 0.683. The number of carboxylic acid groups (broad SMARTS) is 1. The van der Waals surface area contributed by atoms with Crippen molar-refractivity contribution >= 4 is 5.97 Å². The SMILES string of the molecule is COCC1(CNC2CC2c2ccccc2)CCN(CC2(C(=O)O)CCC2)CC1. The molecule has 2 saturated carbocycles. The van der Waals surface area contributed by atoms with Crippen LogP contribution in [-0.2, 0) is 9.53 Å². The second-order valence-electron chi connectivity index (χ2n) is 9.39. The van der Waals surface area contributed by atoms with Crippen molar-refractivity contribution < 1.29 is 14.6 Å². The van der Waals surface area contributed by atoms with Crippen molar-refractivity contribution in [3.05, 3.63) is 35.9 Å². The molecule has 2 N–H and O–H groups in total. The van der Waals surface area contributed by atoms with Crippen molar-refractivity contribution in [1.82, 2.24) is 10.2 Å². The molecule has 5 heteroatoms. The van der Waals surface area contributed by atoms with Gasteiger partial charge in [0, 0.05) is 37.6 Å². The molecule has 1 aliphatic heterocycles. The number of likely N-dealkylation sites (tertiary alicyclic amines) is 1. The normalized spacial score (nSPS) is 28.5. The Hall–Kier alpha value is -1.43. The Morgan fingerprint density at radius 2 is 1.93 bits per heavy atom. The number of rotatable bonds is 9. The lowest BCUT2D eigenvalue weighted by Gasteiger charge is -2.46. The molecule has 0 amide bonds. The number of aliphatic carboxylic acids is 1. The minimum absolute atomic E-state index is 0.172. The second-order valence-corrected chi connectivity index (χ2v) is 9.39. The van der Waals surface area contributed by atoms with Gasteiger partial charge in [0.2, 0.25) is 0 Å². The lowest BCUT2D eigenvalue weighted by molar-refractivity contribution is -0.157. The number of carbonyl (C=O) groups is 1. The summed E-state index contributed by atoms with van der Waals surface area (Å²) in [4.78, 5) is 14.1. The van der Waals surface area contributed by atoms with E-state index in [1.807, 2.05) is 0 Å². The van der Waals surface area contributed by atoms with Crippen LogP contribution in [0.3, 0.4) is 0 Å². The Bertz CT molecular complexity index is 666. The van der Waals surface area contributed by atoms with Gasteiger partial charge in [-0.25, -0.2) is 0 Å². The molecule has 1 aromatic carbocycles. The number of piperidine rings is 1. The van der Waals surface area contributed by atoms with E-state index in [4.69, 9.17) is 4.74 Å². The van der Waals surface area contributed by atoms with E-state index in [0.29, 0.717) is 12.0 Å². The number of nitrogens with zero attached hydrogens (tertiary/aromatic N) is 1. The maximum absolute atomic E-state index is 11.7. The maximum Gasteiger partial charge on any atom is 0.310 e. The number of benzene rings is 1. The molecule has 28 heavy (non-hydrogen) atoms. The Kier molecular flexibility index (Phi) is 5.77. The largest absolute Gasteiger partial charge is 0.481 e. The van der Waals surface area contributed by atoms with Crippen molar-refractivity contribution in [2.24, 2.45) is 10.8 Å². The Labute approximate surface area is 168 Å². The molecule has 0 bridgehead atoms. The van der Waals surface area contributed by atoms with Crippen molar-refractivity contribution in [2.75, 3.05) is 39.9 Å². The summed E-state index contributed by atoms with van der Waals surface area (Å²) < 4.78 is 5.60. The fraction of sp³-hybridized carbons (Fsp3) is 0.696. The van der Waals surface area contributed by atoms with Crippen LogP contribution in [-0.4, -0.2) is 61.9 Å². The van der Waals surface area contributed by atoms with Crippen LogP contribution >= 0.6 is 0 Å². The summed E-state index contributed by atoms with van der Waals surface area (Å²) in [6, 6.07) is 11.4. The lowest BCUT2D eigenvalue weighted by Crippen LogP contribution is -2.53. The lowest BCUT2D eigenvalue weighted by atomic mass is 9.68. The third-order valence-electron chi connectivity index (χ3n) is 7.42. The smallest absolute Gasteiger partial charge is 0.310 e. The van der Waals surface area contributed by atoms with Crippen molar-refractivity contribution in [3.8, 4) is 0 Å². The second kappa shape index (κ2) is 8.13. The van der Waals surface area contributed by atoms with Gasteiger partial charge in [-0.1, -0.05) is 36.8 Å². The highest BCUT2D eigenvalue weighted by Crippen LogP contribution is 2.44. The summed E-state index contributed by atoms with van der Waals surface area (Å²) in [5, 5.41) is 13.4. The molecule has 1 saturated heterocycles. The summed E-state index contributed by atoms with van der Waals surface area (Å²) in [5.41, 5.74) is 1.14. The van der Waals surface area contributed by atoms with Crippen LogP contribution in [0.15, 0.2) is 30.3 Å². The molecule has 0 aromatic heterocycles. The highest BCUT2D eigenvalue weighted by molar-refractivity contribution is 5.76. The van der Waals surface area contributed by atoms with E-state index in [-0.39, 0.29) is 5.41 Å². The Morgan fingerprint density at radius 1 is 1.21 bits per heavy atom. The van der Waals surface area contributed by atoms with Gasteiger partial charge in [-0.3, -0.25) is 4.79 Å². The molecule has 1 heterocycles. The van der Waals surface area contributed by atoms with E-state index in [1.165, 1.54) is 12.0 Å². The zero-order chi connectivity index (χ0) is 19.6. The van der Waals surface area contributed by atoms with Crippen LogP contribution in [0.1, 0.15) is 50.0 Å². The predicted octanol–water partition coefficient (Wildman–Crippen LogP) is 3.12. The fourth-order valence-electron chi connectivity index (χ4n) is 5.17. The molecular formula is C23H34N2O3. The van der Waals surface area contributed by atoms with Crippen molar-refractivity contribution in [2.45, 2.75) is 50.5 Å². The minimum atomic E-state index is -0.602. The van der Waals surface area contributed by atoms with Crippen molar-refractivity contribution in [3.63, 3.8) is 0 Å². The fourth-order valence-corrected chi connectivity index (χ4v) is 5.17. The molecule has 3 fully saturated rings. The van der Waals surface area contributed by atoms with E-state index in [0.717, 1.165) is 64.9 Å². The number of hydrogen-bond acceptors (Lipinski definition) is 4. The van der Waals surface area contributed by atoms with Crippen LogP contribution in [0.25, 0.3) is 0 Å². The van der Waals surface area contributed by atoms with Gasteiger partial charge in [0.25, 0.3) is 0 Å². The standard InChI is InChI=1S/C23H34N2O3/c1-28-17-22(15-24-20-14-19(20)18-6-3-2-4-7-18)10-12-25(13-11-22)16-23(21(26)27)8-5-9-23/h2-4,6-7,19-20,24H,5,8-17H2,1H3,(H,26,27). The molecule has 3 aliphatic rings. The first-order valence-electron chi connectivity index (χ1n) is 10.8. The molecule has 2 aliphatic carbocycles. The van der Waals surface area contributed by atoms with Crippen LogP contribution in [0.2, 0.25) is 0 Å². The Morgan fingerprint density at radius 3 is 2.50 bits per heavy atom. The summed E-state index contributed by atoms with van der Waals surface area (Å²) in [7, 11) is 1.80. The van der Waals surface area contributed by atoms with Gasteiger partial charge in [0.15, 0.2) is 0 Å². The molecule has 154 valence electrons. The number of nitrogens with one attached hydrogen (secondary N) is 1. The van der Waals surface area contributed by atoms with Gasteiger partial charge < -0.3 is 20.1 Å². The van der Waals surface area contributed by atoms with Crippen LogP contribution in [0, 0.1) is 10.8 Å². The number of hydrogen-bond donors (Lipinski definition) is 2. The number of methoxy groups -OCH3 is 1. The maximum atomic E-state index is 11.7. The molecule has 4 rings (SSSR count). The van der Waals surface area contributed by atoms with Gasteiger partial charge in [0.05, 0.1) is 12.0 Å². The minimum Gasteiger partial charge on any atom is -0.481 e. The first kappa shape index (κ1) is 19.9. The van der Waals surface area contributed by atoms with Crippen LogP contribution in [0.4, 0.5) is 0 Å². The van der Waals surface area contributed by atoms with Gasteiger partial charge in [-0.2, -0.15) is 0 Å². The van der Waals surface area contributed by atoms with E-state index < -0.39 is 11.4 Å². The zero-order valence-electron chi connectivity index (χ0n) is 17.0. The molecule has 0 radical (unpaired) electrons. The van der Waals surface area contributed by atoms with Gasteiger partial charge >= 0.3 is 5.97 Å². The zero-order valence-corrected chi connectivity index (χ0v) is 17.0. The summed E-state index contributed by atoms with van der Waals surface area (Å²) in [5.74, 6) is 0.0461. The van der Waals surface area contributed by atoms with E-state index >= 15 is 0 Å². The predicted molar refractivity (Wildman–Crippen MR) is 109 cm³/mol. The van der Waals surface area contributed by atoms with Gasteiger partial charge in [0.1, 0.15) is 0 Å².